The van der Waals surface area contributed by atoms with Crippen molar-refractivity contribution in [3.63, 3.8) is 0 Å². The number of nitrogens with zero attached hydrogens (tertiary/aromatic N) is 3. The summed E-state index contributed by atoms with van der Waals surface area (Å²) in [6.07, 6.45) is 0. The van der Waals surface area contributed by atoms with Crippen molar-refractivity contribution in [1.29, 1.82) is 0 Å². The summed E-state index contributed by atoms with van der Waals surface area (Å²) in [5.74, 6) is 0. The molecule has 5 nitrogen and oxygen atoms in total. The Morgan fingerprint density at radius 2 is 1.88 bits per heavy atom. The molecular formula is C19H22N4O. The van der Waals surface area contributed by atoms with E-state index in [0.29, 0.717) is 19.6 Å². The Kier molecular flexibility index (Phi) is 5.36. The zero-order chi connectivity index (χ0) is 16.8. The highest BCUT2D eigenvalue weighted by Crippen LogP contribution is 2.20. The quantitative estimate of drug-likeness (QED) is 0.656. The summed E-state index contributed by atoms with van der Waals surface area (Å²) in [4.78, 5) is 1.74. The normalized spacial score (nSPS) is 10.9. The van der Waals surface area contributed by atoms with Gasteiger partial charge in [-0.1, -0.05) is 60.2 Å². The minimum absolute atomic E-state index is 0.109. The Balaban J connectivity index is 1.87. The molecule has 0 radical (unpaired) electrons. The van der Waals surface area contributed by atoms with E-state index in [1.807, 2.05) is 30.3 Å². The molecule has 1 aromatic heterocycles. The van der Waals surface area contributed by atoms with E-state index >= 15 is 0 Å². The molecule has 3 aromatic rings. The lowest BCUT2D eigenvalue weighted by atomic mass is 10.1. The average Bonchev–Trinajstić information content (AvgIpc) is 2.99. The van der Waals surface area contributed by atoms with Crippen molar-refractivity contribution in [3.8, 4) is 11.3 Å². The fourth-order valence-electron chi connectivity index (χ4n) is 2.65. The molecule has 0 saturated carbocycles. The predicted octanol–water partition coefficient (Wildman–Crippen LogP) is 2.38. The number of benzene rings is 2. The number of aliphatic hydroxyl groups excluding tert-OH is 1. The van der Waals surface area contributed by atoms with Gasteiger partial charge in [0.1, 0.15) is 11.4 Å². The van der Waals surface area contributed by atoms with Gasteiger partial charge in [-0.15, -0.1) is 0 Å². The first-order valence-electron chi connectivity index (χ1n) is 8.13. The molecule has 0 bridgehead atoms. The molecular weight excluding hydrogens is 300 g/mol. The van der Waals surface area contributed by atoms with Crippen molar-refractivity contribution in [2.75, 3.05) is 13.2 Å². The smallest absolute Gasteiger partial charge is 0.117 e. The predicted molar refractivity (Wildman–Crippen MR) is 94.5 cm³/mol. The fourth-order valence-corrected chi connectivity index (χ4v) is 2.65. The van der Waals surface area contributed by atoms with Gasteiger partial charge in [0.2, 0.25) is 0 Å². The third-order valence-corrected chi connectivity index (χ3v) is 3.76. The molecule has 0 unspecified atom stereocenters. The second kappa shape index (κ2) is 7.86. The summed E-state index contributed by atoms with van der Waals surface area (Å²) in [5, 5.41) is 21.5. The molecule has 0 amide bonds. The molecule has 0 aliphatic carbocycles. The molecule has 0 spiro atoms. The van der Waals surface area contributed by atoms with Gasteiger partial charge < -0.3 is 10.4 Å². The van der Waals surface area contributed by atoms with E-state index in [-0.39, 0.29) is 6.61 Å². The van der Waals surface area contributed by atoms with Crippen LogP contribution in [0.3, 0.4) is 0 Å². The monoisotopic (exact) mass is 322 g/mol. The van der Waals surface area contributed by atoms with Crippen LogP contribution in [0.4, 0.5) is 0 Å². The van der Waals surface area contributed by atoms with Gasteiger partial charge in [-0.3, -0.25) is 0 Å². The van der Waals surface area contributed by atoms with Crippen LogP contribution >= 0.6 is 0 Å². The Morgan fingerprint density at radius 3 is 2.62 bits per heavy atom. The second-order valence-electron chi connectivity index (χ2n) is 5.78. The number of aliphatic hydroxyl groups is 1. The molecule has 1 heterocycles. The summed E-state index contributed by atoms with van der Waals surface area (Å²) in [6.45, 7) is 3.96. The molecule has 24 heavy (non-hydrogen) atoms. The van der Waals surface area contributed by atoms with E-state index < -0.39 is 0 Å². The lowest BCUT2D eigenvalue weighted by Gasteiger charge is -2.02. The first kappa shape index (κ1) is 16.4. The first-order chi connectivity index (χ1) is 11.8. The van der Waals surface area contributed by atoms with Crippen LogP contribution < -0.4 is 5.32 Å². The summed E-state index contributed by atoms with van der Waals surface area (Å²) < 4.78 is 0. The minimum Gasteiger partial charge on any atom is -0.395 e. The maximum absolute atomic E-state index is 8.95. The van der Waals surface area contributed by atoms with Gasteiger partial charge in [0.05, 0.1) is 13.2 Å². The highest BCUT2D eigenvalue weighted by molar-refractivity contribution is 5.60. The molecule has 0 saturated heterocycles. The highest BCUT2D eigenvalue weighted by atomic mass is 16.3. The van der Waals surface area contributed by atoms with Crippen LogP contribution in [-0.4, -0.2) is 33.3 Å². The van der Waals surface area contributed by atoms with Crippen LogP contribution in [0.5, 0.6) is 0 Å². The number of rotatable bonds is 7. The van der Waals surface area contributed by atoms with Gasteiger partial charge in [-0.25, -0.2) is 0 Å². The Morgan fingerprint density at radius 1 is 1.04 bits per heavy atom. The summed E-state index contributed by atoms with van der Waals surface area (Å²) in [7, 11) is 0. The van der Waals surface area contributed by atoms with Crippen molar-refractivity contribution in [1.82, 2.24) is 20.3 Å². The Labute approximate surface area is 142 Å². The summed E-state index contributed by atoms with van der Waals surface area (Å²) >= 11 is 0. The van der Waals surface area contributed by atoms with Gasteiger partial charge in [-0.2, -0.15) is 15.0 Å². The minimum atomic E-state index is 0.109. The lowest BCUT2D eigenvalue weighted by Crippen LogP contribution is -2.18. The Hall–Kier alpha value is -2.50. The number of aryl methyl sites for hydroxylation is 1. The highest BCUT2D eigenvalue weighted by Gasteiger charge is 2.13. The molecule has 0 aliphatic rings. The van der Waals surface area contributed by atoms with Crippen molar-refractivity contribution in [2.24, 2.45) is 0 Å². The van der Waals surface area contributed by atoms with Crippen molar-refractivity contribution in [3.05, 3.63) is 71.4 Å². The van der Waals surface area contributed by atoms with Gasteiger partial charge in [0.15, 0.2) is 0 Å². The van der Waals surface area contributed by atoms with Crippen LogP contribution in [0, 0.1) is 6.92 Å². The van der Waals surface area contributed by atoms with E-state index in [9.17, 15) is 0 Å². The molecule has 0 atom stereocenters. The van der Waals surface area contributed by atoms with Crippen LogP contribution in [0.25, 0.3) is 11.3 Å². The first-order valence-corrected chi connectivity index (χ1v) is 8.13. The van der Waals surface area contributed by atoms with Crippen LogP contribution in [0.2, 0.25) is 0 Å². The largest absolute Gasteiger partial charge is 0.395 e. The summed E-state index contributed by atoms with van der Waals surface area (Å²) in [6, 6.07) is 18.4. The van der Waals surface area contributed by atoms with Crippen molar-refractivity contribution < 1.29 is 5.11 Å². The number of hydrogen-bond donors (Lipinski definition) is 2. The topological polar surface area (TPSA) is 63.0 Å². The SMILES string of the molecule is Cc1cccc(Cn2nc(CNCCO)c(-c3ccccc3)n2)c1. The van der Waals surface area contributed by atoms with E-state index in [0.717, 1.165) is 17.0 Å². The Bertz CT molecular complexity index is 783. The molecule has 124 valence electrons. The molecule has 3 rings (SSSR count). The maximum Gasteiger partial charge on any atom is 0.117 e. The number of hydrogen-bond acceptors (Lipinski definition) is 4. The van der Waals surface area contributed by atoms with Gasteiger partial charge >= 0.3 is 0 Å². The molecule has 2 aromatic carbocycles. The summed E-state index contributed by atoms with van der Waals surface area (Å²) in [5.41, 5.74) is 5.23. The van der Waals surface area contributed by atoms with Crippen LogP contribution in [0.1, 0.15) is 16.8 Å². The van der Waals surface area contributed by atoms with Gasteiger partial charge in [0, 0.05) is 18.7 Å². The molecule has 5 heteroatoms. The zero-order valence-corrected chi connectivity index (χ0v) is 13.8. The maximum atomic E-state index is 8.95. The van der Waals surface area contributed by atoms with E-state index in [2.05, 4.69) is 46.7 Å². The standard InChI is InChI=1S/C19H22N4O/c1-15-6-5-7-16(12-15)14-23-21-18(13-20-10-11-24)19(22-23)17-8-3-2-4-9-17/h2-9,12,20,24H,10-11,13-14H2,1H3. The van der Waals surface area contributed by atoms with Crippen LogP contribution in [0.15, 0.2) is 54.6 Å². The van der Waals surface area contributed by atoms with Crippen molar-refractivity contribution >= 4 is 0 Å². The lowest BCUT2D eigenvalue weighted by molar-refractivity contribution is 0.291. The van der Waals surface area contributed by atoms with Crippen LogP contribution in [-0.2, 0) is 13.1 Å². The second-order valence-corrected chi connectivity index (χ2v) is 5.78. The van der Waals surface area contributed by atoms with E-state index in [1.54, 1.807) is 4.80 Å². The van der Waals surface area contributed by atoms with Gasteiger partial charge in [0.25, 0.3) is 0 Å². The molecule has 2 N–H and O–H groups in total. The number of aromatic nitrogens is 3. The zero-order valence-electron chi connectivity index (χ0n) is 13.8. The van der Waals surface area contributed by atoms with Crippen molar-refractivity contribution in [2.45, 2.75) is 20.0 Å². The average molecular weight is 322 g/mol. The van der Waals surface area contributed by atoms with Gasteiger partial charge in [-0.05, 0) is 12.5 Å². The number of nitrogens with one attached hydrogen (secondary N) is 1. The third kappa shape index (κ3) is 4.07. The third-order valence-electron chi connectivity index (χ3n) is 3.76. The fraction of sp³-hybridized carbons (Fsp3) is 0.263. The van der Waals surface area contributed by atoms with E-state index in [1.165, 1.54) is 11.1 Å². The van der Waals surface area contributed by atoms with E-state index in [4.69, 9.17) is 5.11 Å². The molecule has 0 fully saturated rings. The molecule has 0 aliphatic heterocycles.